The highest BCUT2D eigenvalue weighted by Crippen LogP contribution is 2.24. The third kappa shape index (κ3) is 7.57. The van der Waals surface area contributed by atoms with Crippen molar-refractivity contribution in [2.75, 3.05) is 33.2 Å². The van der Waals surface area contributed by atoms with Gasteiger partial charge in [-0.1, -0.05) is 53.0 Å². The second-order valence-corrected chi connectivity index (χ2v) is 12.0. The molecule has 1 aliphatic rings. The number of sulfonamides is 1. The average Bonchev–Trinajstić information content (AvgIpc) is 3.05. The number of rotatable bonds is 10. The van der Waals surface area contributed by atoms with Gasteiger partial charge < -0.3 is 0 Å². The van der Waals surface area contributed by atoms with Gasteiger partial charge in [-0.3, -0.25) is 14.5 Å². The first-order valence-electron chi connectivity index (χ1n) is 11.7. The van der Waals surface area contributed by atoms with Gasteiger partial charge in [-0.15, -0.1) is 0 Å². The number of hydrogen-bond acceptors (Lipinski definition) is 5. The van der Waals surface area contributed by atoms with Gasteiger partial charge in [0.2, 0.25) is 10.0 Å². The van der Waals surface area contributed by atoms with Crippen LogP contribution in [0, 0.1) is 6.92 Å². The van der Waals surface area contributed by atoms with E-state index < -0.39 is 10.0 Å². The van der Waals surface area contributed by atoms with Crippen molar-refractivity contribution in [1.29, 1.82) is 0 Å². The van der Waals surface area contributed by atoms with Crippen LogP contribution in [0.5, 0.6) is 0 Å². The Labute approximate surface area is 211 Å². The highest BCUT2D eigenvalue weighted by Gasteiger charge is 2.27. The Morgan fingerprint density at radius 2 is 1.50 bits per heavy atom. The lowest BCUT2D eigenvalue weighted by molar-refractivity contribution is -0.121. The summed E-state index contributed by atoms with van der Waals surface area (Å²) >= 11 is 3.41. The van der Waals surface area contributed by atoms with Gasteiger partial charge >= 0.3 is 0 Å². The molecule has 34 heavy (non-hydrogen) atoms. The molecule has 0 atom stereocenters. The van der Waals surface area contributed by atoms with Crippen LogP contribution in [-0.4, -0.2) is 62.4 Å². The van der Waals surface area contributed by atoms with Gasteiger partial charge in [0.15, 0.2) is 11.6 Å². The van der Waals surface area contributed by atoms with Gasteiger partial charge in [-0.2, -0.15) is 4.31 Å². The largest absolute Gasteiger partial charge is 0.298 e. The lowest BCUT2D eigenvalue weighted by Crippen LogP contribution is -2.33. The molecule has 0 unspecified atom stereocenters. The SMILES string of the molecule is Cc1ccc(CC(=O)CN(C)CC(=O)Cc2cccc(Br)c2)cc1S(=O)(=O)N1CCCCCC1. The standard InChI is InChI=1S/C26H33BrN2O4S/c1-20-10-11-22(17-26(20)34(32,33)29-12-5-3-4-6-13-29)16-25(31)19-28(2)18-24(30)15-21-8-7-9-23(27)14-21/h7-11,14,17H,3-6,12-13,15-16,18-19H2,1-2H3. The van der Waals surface area contributed by atoms with Crippen molar-refractivity contribution in [3.63, 3.8) is 0 Å². The lowest BCUT2D eigenvalue weighted by atomic mass is 10.1. The smallest absolute Gasteiger partial charge is 0.243 e. The van der Waals surface area contributed by atoms with Crippen LogP contribution in [0.3, 0.4) is 0 Å². The minimum Gasteiger partial charge on any atom is -0.298 e. The average molecular weight is 550 g/mol. The maximum Gasteiger partial charge on any atom is 0.243 e. The Balaban J connectivity index is 1.59. The number of Topliss-reactive ketones (excluding diaryl/α,β-unsaturated/α-hetero) is 2. The van der Waals surface area contributed by atoms with Crippen LogP contribution in [0.4, 0.5) is 0 Å². The van der Waals surface area contributed by atoms with Crippen LogP contribution in [0.15, 0.2) is 51.8 Å². The minimum atomic E-state index is -3.58. The predicted octanol–water partition coefficient (Wildman–Crippen LogP) is 4.18. The number of hydrogen-bond donors (Lipinski definition) is 0. The molecule has 0 bridgehead atoms. The molecule has 184 valence electrons. The monoisotopic (exact) mass is 548 g/mol. The highest BCUT2D eigenvalue weighted by molar-refractivity contribution is 9.10. The van der Waals surface area contributed by atoms with Crippen molar-refractivity contribution in [2.45, 2.75) is 50.3 Å². The predicted molar refractivity (Wildman–Crippen MR) is 137 cm³/mol. The number of carbonyl (C=O) groups is 2. The van der Waals surface area contributed by atoms with E-state index in [0.29, 0.717) is 30.6 Å². The van der Waals surface area contributed by atoms with E-state index in [1.54, 1.807) is 35.3 Å². The van der Waals surface area contributed by atoms with Crippen molar-refractivity contribution in [1.82, 2.24) is 9.21 Å². The number of likely N-dealkylation sites (N-methyl/N-ethyl adjacent to an activating group) is 1. The zero-order valence-electron chi connectivity index (χ0n) is 19.9. The van der Waals surface area contributed by atoms with Gasteiger partial charge in [0.1, 0.15) is 0 Å². The summed E-state index contributed by atoms with van der Waals surface area (Å²) in [5.41, 5.74) is 2.30. The van der Waals surface area contributed by atoms with Crippen LogP contribution in [0.25, 0.3) is 0 Å². The highest BCUT2D eigenvalue weighted by atomic mass is 79.9. The molecule has 0 saturated carbocycles. The Hall–Kier alpha value is -1.87. The van der Waals surface area contributed by atoms with E-state index in [1.807, 2.05) is 30.3 Å². The van der Waals surface area contributed by atoms with Crippen LogP contribution in [0.1, 0.15) is 42.4 Å². The number of aryl methyl sites for hydroxylation is 1. The molecule has 1 saturated heterocycles. The molecule has 8 heteroatoms. The maximum absolute atomic E-state index is 13.3. The van der Waals surface area contributed by atoms with Gasteiger partial charge in [0, 0.05) is 30.4 Å². The fourth-order valence-corrected chi connectivity index (χ4v) is 6.56. The van der Waals surface area contributed by atoms with Gasteiger partial charge in [0.25, 0.3) is 0 Å². The molecule has 0 aliphatic carbocycles. The van der Waals surface area contributed by atoms with Crippen LogP contribution >= 0.6 is 15.9 Å². The fourth-order valence-electron chi connectivity index (χ4n) is 4.33. The maximum atomic E-state index is 13.3. The van der Waals surface area contributed by atoms with Gasteiger partial charge in [-0.05, 0) is 61.7 Å². The fraction of sp³-hybridized carbons (Fsp3) is 0.462. The van der Waals surface area contributed by atoms with E-state index in [-0.39, 0.29) is 36.0 Å². The molecule has 1 fully saturated rings. The molecule has 0 N–H and O–H groups in total. The Bertz CT molecular complexity index is 1130. The molecular formula is C26H33BrN2O4S. The van der Waals surface area contributed by atoms with E-state index in [0.717, 1.165) is 35.7 Å². The first-order valence-corrected chi connectivity index (χ1v) is 13.9. The second kappa shape index (κ2) is 12.2. The van der Waals surface area contributed by atoms with Crippen LogP contribution in [-0.2, 0) is 32.5 Å². The Kier molecular flexibility index (Phi) is 9.59. The molecular weight excluding hydrogens is 516 g/mol. The Morgan fingerprint density at radius 3 is 2.09 bits per heavy atom. The molecule has 0 amide bonds. The summed E-state index contributed by atoms with van der Waals surface area (Å²) in [6.07, 6.45) is 4.31. The van der Waals surface area contributed by atoms with Gasteiger partial charge in [-0.25, -0.2) is 8.42 Å². The van der Waals surface area contributed by atoms with Crippen molar-refractivity contribution < 1.29 is 18.0 Å². The molecule has 1 heterocycles. The van der Waals surface area contributed by atoms with Crippen LogP contribution in [0.2, 0.25) is 0 Å². The van der Waals surface area contributed by atoms with Gasteiger partial charge in [0.05, 0.1) is 18.0 Å². The summed E-state index contributed by atoms with van der Waals surface area (Å²) in [5, 5.41) is 0. The first-order chi connectivity index (χ1) is 16.1. The number of ketones is 2. The Morgan fingerprint density at radius 1 is 0.912 bits per heavy atom. The quantitative estimate of drug-likeness (QED) is 0.445. The zero-order valence-corrected chi connectivity index (χ0v) is 22.3. The van der Waals surface area contributed by atoms with E-state index in [2.05, 4.69) is 15.9 Å². The third-order valence-electron chi connectivity index (χ3n) is 6.02. The molecule has 0 radical (unpaired) electrons. The molecule has 0 spiro atoms. The summed E-state index contributed by atoms with van der Waals surface area (Å²) in [7, 11) is -1.83. The number of nitrogens with zero attached hydrogens (tertiary/aromatic N) is 2. The summed E-state index contributed by atoms with van der Waals surface area (Å²) in [5.74, 6) is -0.0192. The second-order valence-electron chi connectivity index (χ2n) is 9.15. The first kappa shape index (κ1) is 26.7. The number of halogens is 1. The third-order valence-corrected chi connectivity index (χ3v) is 8.55. The lowest BCUT2D eigenvalue weighted by Gasteiger charge is -2.21. The van der Waals surface area contributed by atoms with E-state index >= 15 is 0 Å². The molecule has 6 nitrogen and oxygen atoms in total. The topological polar surface area (TPSA) is 74.8 Å². The molecule has 3 rings (SSSR count). The summed E-state index contributed by atoms with van der Waals surface area (Å²) in [6, 6.07) is 12.9. The normalized spacial score (nSPS) is 15.3. The molecule has 2 aromatic carbocycles. The molecule has 1 aliphatic heterocycles. The van der Waals surface area contributed by atoms with Crippen LogP contribution < -0.4 is 0 Å². The summed E-state index contributed by atoms with van der Waals surface area (Å²) in [4.78, 5) is 27.1. The van der Waals surface area contributed by atoms with E-state index in [4.69, 9.17) is 0 Å². The van der Waals surface area contributed by atoms with Crippen molar-refractivity contribution in [2.24, 2.45) is 0 Å². The summed E-state index contributed by atoms with van der Waals surface area (Å²) < 4.78 is 29.0. The van der Waals surface area contributed by atoms with Crippen molar-refractivity contribution >= 4 is 37.5 Å². The minimum absolute atomic E-state index is 0.0366. The van der Waals surface area contributed by atoms with E-state index in [9.17, 15) is 18.0 Å². The van der Waals surface area contributed by atoms with Crippen molar-refractivity contribution in [3.05, 3.63) is 63.6 Å². The van der Waals surface area contributed by atoms with E-state index in [1.165, 1.54) is 0 Å². The molecule has 2 aromatic rings. The number of benzene rings is 2. The zero-order chi connectivity index (χ0) is 24.7. The number of carbonyl (C=O) groups excluding carboxylic acids is 2. The molecule has 0 aromatic heterocycles. The van der Waals surface area contributed by atoms with Crippen molar-refractivity contribution in [3.8, 4) is 0 Å². The summed E-state index contributed by atoms with van der Waals surface area (Å²) in [6.45, 7) is 3.20.